The van der Waals surface area contributed by atoms with Gasteiger partial charge in [0.25, 0.3) is 0 Å². The van der Waals surface area contributed by atoms with Gasteiger partial charge in [0.2, 0.25) is 0 Å². The molecule has 3 heteroatoms. The lowest BCUT2D eigenvalue weighted by Crippen LogP contribution is -2.10. The van der Waals surface area contributed by atoms with Gasteiger partial charge in [-0.1, -0.05) is 34.1 Å². The Kier molecular flexibility index (Phi) is 4.99. The first-order valence-corrected chi connectivity index (χ1v) is 7.35. The number of halogens is 2. The summed E-state index contributed by atoms with van der Waals surface area (Å²) in [7, 11) is 0. The van der Waals surface area contributed by atoms with Crippen molar-refractivity contribution >= 4 is 15.9 Å². The van der Waals surface area contributed by atoms with Crippen molar-refractivity contribution in [2.75, 3.05) is 11.9 Å². The van der Waals surface area contributed by atoms with Crippen LogP contribution in [0, 0.1) is 5.82 Å². The highest BCUT2D eigenvalue weighted by atomic mass is 79.9. The van der Waals surface area contributed by atoms with E-state index in [0.717, 1.165) is 36.8 Å². The Morgan fingerprint density at radius 1 is 1.41 bits per heavy atom. The molecular formula is C14H18BrFO. The second-order valence-corrected chi connectivity index (χ2v) is 5.23. The summed E-state index contributed by atoms with van der Waals surface area (Å²) in [6, 6.07) is 7.07. The lowest BCUT2D eigenvalue weighted by molar-refractivity contribution is 0.101. The molecule has 0 amide bonds. The number of hydrogen-bond donors (Lipinski definition) is 0. The smallest absolute Gasteiger partial charge is 0.126 e. The van der Waals surface area contributed by atoms with Gasteiger partial charge in [0.1, 0.15) is 5.82 Å². The molecule has 1 saturated heterocycles. The highest BCUT2D eigenvalue weighted by Crippen LogP contribution is 2.28. The molecule has 0 spiro atoms. The van der Waals surface area contributed by atoms with Crippen LogP contribution in [0.4, 0.5) is 4.39 Å². The predicted octanol–water partition coefficient (Wildman–Crippen LogP) is 4.26. The molecular weight excluding hydrogens is 283 g/mol. The second kappa shape index (κ2) is 6.50. The second-order valence-electron chi connectivity index (χ2n) is 4.59. The summed E-state index contributed by atoms with van der Waals surface area (Å²) in [5.41, 5.74) is 0.822. The third-order valence-electron chi connectivity index (χ3n) is 3.39. The largest absolute Gasteiger partial charge is 0.378 e. The minimum atomic E-state index is -0.0932. The maximum absolute atomic E-state index is 13.7. The summed E-state index contributed by atoms with van der Waals surface area (Å²) in [5, 5.41) is 0.806. The van der Waals surface area contributed by atoms with Gasteiger partial charge in [-0.25, -0.2) is 4.39 Å². The van der Waals surface area contributed by atoms with Gasteiger partial charge in [-0.15, -0.1) is 0 Å². The van der Waals surface area contributed by atoms with Gasteiger partial charge in [-0.05, 0) is 43.2 Å². The molecule has 2 rings (SSSR count). The number of ether oxygens (including phenoxy) is 1. The summed E-state index contributed by atoms with van der Waals surface area (Å²) in [4.78, 5) is 0. The van der Waals surface area contributed by atoms with Crippen LogP contribution in [-0.2, 0) is 4.74 Å². The Balaban J connectivity index is 1.94. The number of alkyl halides is 1. The quantitative estimate of drug-likeness (QED) is 0.738. The standard InChI is InChI=1S/C14H18BrFO/c15-10-11(7-8-12-4-3-9-17-12)13-5-1-2-6-14(13)16/h1-2,5-6,11-12H,3-4,7-10H2. The zero-order chi connectivity index (χ0) is 12.1. The van der Waals surface area contributed by atoms with Gasteiger partial charge in [0, 0.05) is 11.9 Å². The minimum absolute atomic E-state index is 0.0932. The molecule has 1 aromatic rings. The fourth-order valence-electron chi connectivity index (χ4n) is 2.38. The Morgan fingerprint density at radius 2 is 2.24 bits per heavy atom. The van der Waals surface area contributed by atoms with Crippen molar-refractivity contribution < 1.29 is 9.13 Å². The first-order valence-electron chi connectivity index (χ1n) is 6.23. The molecule has 0 N–H and O–H groups in total. The SMILES string of the molecule is Fc1ccccc1C(CBr)CCC1CCCO1. The monoisotopic (exact) mass is 300 g/mol. The van der Waals surface area contributed by atoms with Crippen LogP contribution in [0.3, 0.4) is 0 Å². The van der Waals surface area contributed by atoms with Crippen molar-refractivity contribution in [2.24, 2.45) is 0 Å². The number of rotatable bonds is 5. The summed E-state index contributed by atoms with van der Waals surface area (Å²) in [6.07, 6.45) is 4.74. The van der Waals surface area contributed by atoms with Crippen LogP contribution < -0.4 is 0 Å². The summed E-state index contributed by atoms with van der Waals surface area (Å²) in [5.74, 6) is 0.157. The van der Waals surface area contributed by atoms with Gasteiger partial charge in [0.15, 0.2) is 0 Å². The van der Waals surface area contributed by atoms with E-state index in [4.69, 9.17) is 4.74 Å². The Bertz CT molecular complexity index is 350. The summed E-state index contributed by atoms with van der Waals surface area (Å²) in [6.45, 7) is 0.892. The van der Waals surface area contributed by atoms with Crippen molar-refractivity contribution in [3.63, 3.8) is 0 Å². The highest BCUT2D eigenvalue weighted by molar-refractivity contribution is 9.09. The molecule has 17 heavy (non-hydrogen) atoms. The van der Waals surface area contributed by atoms with E-state index >= 15 is 0 Å². The van der Waals surface area contributed by atoms with Gasteiger partial charge in [-0.3, -0.25) is 0 Å². The average molecular weight is 301 g/mol. The molecule has 0 radical (unpaired) electrons. The average Bonchev–Trinajstić information content (AvgIpc) is 2.85. The van der Waals surface area contributed by atoms with E-state index in [2.05, 4.69) is 15.9 Å². The lowest BCUT2D eigenvalue weighted by Gasteiger charge is -2.17. The van der Waals surface area contributed by atoms with E-state index in [1.54, 1.807) is 6.07 Å². The maximum atomic E-state index is 13.7. The Labute approximate surface area is 110 Å². The predicted molar refractivity (Wildman–Crippen MR) is 71.1 cm³/mol. The molecule has 2 atom stereocenters. The van der Waals surface area contributed by atoms with E-state index in [1.807, 2.05) is 12.1 Å². The van der Waals surface area contributed by atoms with Crippen LogP contribution in [0.1, 0.15) is 37.2 Å². The molecule has 94 valence electrons. The van der Waals surface area contributed by atoms with Gasteiger partial charge >= 0.3 is 0 Å². The first-order chi connectivity index (χ1) is 8.31. The topological polar surface area (TPSA) is 9.23 Å². The molecule has 0 bridgehead atoms. The Morgan fingerprint density at radius 3 is 2.88 bits per heavy atom. The summed E-state index contributed by atoms with van der Waals surface area (Å²) < 4.78 is 19.3. The third kappa shape index (κ3) is 3.52. The molecule has 0 saturated carbocycles. The van der Waals surface area contributed by atoms with E-state index in [0.29, 0.717) is 6.10 Å². The molecule has 1 nitrogen and oxygen atoms in total. The van der Waals surface area contributed by atoms with Gasteiger partial charge in [0.05, 0.1) is 6.10 Å². The molecule has 0 aromatic heterocycles. The zero-order valence-corrected chi connectivity index (χ0v) is 11.5. The van der Waals surface area contributed by atoms with Crippen molar-refractivity contribution in [1.82, 2.24) is 0 Å². The summed E-state index contributed by atoms with van der Waals surface area (Å²) >= 11 is 3.49. The molecule has 1 fully saturated rings. The number of benzene rings is 1. The molecule has 1 aliphatic rings. The highest BCUT2D eigenvalue weighted by Gasteiger charge is 2.19. The maximum Gasteiger partial charge on any atom is 0.126 e. The van der Waals surface area contributed by atoms with Crippen LogP contribution >= 0.6 is 15.9 Å². The molecule has 2 unspecified atom stereocenters. The van der Waals surface area contributed by atoms with Crippen LogP contribution in [0.15, 0.2) is 24.3 Å². The van der Waals surface area contributed by atoms with Gasteiger partial charge in [-0.2, -0.15) is 0 Å². The van der Waals surface area contributed by atoms with Crippen molar-refractivity contribution in [3.05, 3.63) is 35.6 Å². The fraction of sp³-hybridized carbons (Fsp3) is 0.571. The van der Waals surface area contributed by atoms with E-state index in [-0.39, 0.29) is 11.7 Å². The molecule has 0 aliphatic carbocycles. The van der Waals surface area contributed by atoms with Crippen LogP contribution in [0.2, 0.25) is 0 Å². The van der Waals surface area contributed by atoms with Crippen molar-refractivity contribution in [1.29, 1.82) is 0 Å². The molecule has 1 aliphatic heterocycles. The lowest BCUT2D eigenvalue weighted by atomic mass is 9.94. The zero-order valence-electron chi connectivity index (χ0n) is 9.87. The van der Waals surface area contributed by atoms with E-state index in [9.17, 15) is 4.39 Å². The first kappa shape index (κ1) is 13.0. The fourth-order valence-corrected chi connectivity index (χ4v) is 3.05. The van der Waals surface area contributed by atoms with E-state index in [1.165, 1.54) is 12.5 Å². The van der Waals surface area contributed by atoms with Crippen molar-refractivity contribution in [3.8, 4) is 0 Å². The Hall–Kier alpha value is -0.410. The molecule has 1 aromatic carbocycles. The number of hydrogen-bond acceptors (Lipinski definition) is 1. The van der Waals surface area contributed by atoms with Crippen molar-refractivity contribution in [2.45, 2.75) is 37.7 Å². The normalized spacial score (nSPS) is 21.6. The van der Waals surface area contributed by atoms with Crippen LogP contribution in [0.5, 0.6) is 0 Å². The van der Waals surface area contributed by atoms with E-state index < -0.39 is 0 Å². The van der Waals surface area contributed by atoms with Crippen LogP contribution in [0.25, 0.3) is 0 Å². The van der Waals surface area contributed by atoms with Gasteiger partial charge < -0.3 is 4.74 Å². The minimum Gasteiger partial charge on any atom is -0.378 e. The molecule has 1 heterocycles. The van der Waals surface area contributed by atoms with Crippen LogP contribution in [-0.4, -0.2) is 18.0 Å². The third-order valence-corrected chi connectivity index (χ3v) is 4.17.